The van der Waals surface area contributed by atoms with Crippen molar-refractivity contribution >= 4 is 29.7 Å². The van der Waals surface area contributed by atoms with Crippen LogP contribution in [0.1, 0.15) is 34.2 Å². The molecule has 0 spiro atoms. The number of benzene rings is 2. The molecule has 0 atom stereocenters. The number of carbonyl (C=O) groups excluding carboxylic acids is 2. The lowest BCUT2D eigenvalue weighted by atomic mass is 10.2. The van der Waals surface area contributed by atoms with Crippen molar-refractivity contribution in [2.24, 2.45) is 5.10 Å². The van der Waals surface area contributed by atoms with E-state index < -0.39 is 0 Å². The summed E-state index contributed by atoms with van der Waals surface area (Å²) in [6, 6.07) is 15.9. The van der Waals surface area contributed by atoms with E-state index >= 15 is 0 Å². The monoisotopic (exact) mass is 453 g/mol. The Kier molecular flexibility index (Phi) is 7.68. The van der Waals surface area contributed by atoms with E-state index in [2.05, 4.69) is 10.5 Å². The number of carbonyl (C=O) groups is 2. The van der Waals surface area contributed by atoms with Gasteiger partial charge in [-0.2, -0.15) is 5.10 Å². The fourth-order valence-corrected chi connectivity index (χ4v) is 3.29. The molecule has 0 saturated heterocycles. The summed E-state index contributed by atoms with van der Waals surface area (Å²) < 4.78 is 12.5. The molecular weight excluding hydrogens is 430 g/mol. The highest BCUT2D eigenvalue weighted by Crippen LogP contribution is 2.20. The standard InChI is InChI=1S/C24H24ClN3O4/c1-4-31-24(30)18-5-9-21(10-6-18)28-16(2)13-19(17(28)3)14-26-27-23(29)15-32-22-11-7-20(25)8-12-22/h5-14H,4,15H2,1-3H3,(H,27,29)/b26-14+. The maximum absolute atomic E-state index is 12.0. The second-order valence-electron chi connectivity index (χ2n) is 6.96. The third kappa shape index (κ3) is 5.76. The number of amides is 1. The van der Waals surface area contributed by atoms with Gasteiger partial charge in [0, 0.05) is 27.7 Å². The number of esters is 1. The van der Waals surface area contributed by atoms with Gasteiger partial charge in [0.25, 0.3) is 5.91 Å². The van der Waals surface area contributed by atoms with Crippen LogP contribution in [0.5, 0.6) is 5.75 Å². The molecule has 3 rings (SSSR count). The Morgan fingerprint density at radius 3 is 2.44 bits per heavy atom. The molecule has 0 unspecified atom stereocenters. The lowest BCUT2D eigenvalue weighted by molar-refractivity contribution is -0.123. The van der Waals surface area contributed by atoms with Gasteiger partial charge in [0.1, 0.15) is 5.75 Å². The lowest BCUT2D eigenvalue weighted by Gasteiger charge is -2.10. The number of hydrogen-bond donors (Lipinski definition) is 1. The summed E-state index contributed by atoms with van der Waals surface area (Å²) in [5, 5.41) is 4.63. The first-order valence-corrected chi connectivity index (χ1v) is 10.4. The molecule has 1 heterocycles. The van der Waals surface area contributed by atoms with Crippen molar-refractivity contribution in [2.75, 3.05) is 13.2 Å². The van der Waals surface area contributed by atoms with Gasteiger partial charge in [-0.05, 0) is 75.4 Å². The van der Waals surface area contributed by atoms with Crippen molar-refractivity contribution in [3.63, 3.8) is 0 Å². The molecule has 0 aliphatic heterocycles. The minimum Gasteiger partial charge on any atom is -0.484 e. The first-order chi connectivity index (χ1) is 15.4. The van der Waals surface area contributed by atoms with Gasteiger partial charge in [0.2, 0.25) is 0 Å². The SMILES string of the molecule is CCOC(=O)c1ccc(-n2c(C)cc(/C=N/NC(=O)COc3ccc(Cl)cc3)c2C)cc1. The smallest absolute Gasteiger partial charge is 0.338 e. The van der Waals surface area contributed by atoms with E-state index in [-0.39, 0.29) is 18.5 Å². The molecular formula is C24H24ClN3O4. The number of hydrazone groups is 1. The molecule has 1 amide bonds. The van der Waals surface area contributed by atoms with Gasteiger partial charge in [-0.3, -0.25) is 4.79 Å². The molecule has 0 bridgehead atoms. The van der Waals surface area contributed by atoms with Gasteiger partial charge < -0.3 is 14.0 Å². The highest BCUT2D eigenvalue weighted by Gasteiger charge is 2.11. The lowest BCUT2D eigenvalue weighted by Crippen LogP contribution is -2.24. The Bertz CT molecular complexity index is 1120. The van der Waals surface area contributed by atoms with Crippen molar-refractivity contribution in [3.8, 4) is 11.4 Å². The van der Waals surface area contributed by atoms with Crippen molar-refractivity contribution in [3.05, 3.63) is 82.1 Å². The molecule has 166 valence electrons. The van der Waals surface area contributed by atoms with E-state index in [0.717, 1.165) is 22.6 Å². The minimum absolute atomic E-state index is 0.162. The number of ether oxygens (including phenoxy) is 2. The van der Waals surface area contributed by atoms with Crippen LogP contribution in [0.15, 0.2) is 59.7 Å². The minimum atomic E-state index is -0.375. The second-order valence-corrected chi connectivity index (χ2v) is 7.40. The molecule has 0 saturated carbocycles. The van der Waals surface area contributed by atoms with Gasteiger partial charge in [0.15, 0.2) is 6.61 Å². The Morgan fingerprint density at radius 2 is 1.78 bits per heavy atom. The summed E-state index contributed by atoms with van der Waals surface area (Å²) in [6.45, 7) is 5.88. The predicted octanol–water partition coefficient (Wildman–Crippen LogP) is 4.45. The highest BCUT2D eigenvalue weighted by molar-refractivity contribution is 6.30. The normalized spacial score (nSPS) is 10.9. The number of hydrogen-bond acceptors (Lipinski definition) is 5. The van der Waals surface area contributed by atoms with Crippen molar-refractivity contribution < 1.29 is 19.1 Å². The fraction of sp³-hybridized carbons (Fsp3) is 0.208. The Balaban J connectivity index is 1.62. The van der Waals surface area contributed by atoms with Gasteiger partial charge >= 0.3 is 5.97 Å². The average molecular weight is 454 g/mol. The molecule has 1 N–H and O–H groups in total. The van der Waals surface area contributed by atoms with Crippen LogP contribution < -0.4 is 10.2 Å². The first-order valence-electron chi connectivity index (χ1n) is 10.1. The van der Waals surface area contributed by atoms with E-state index in [0.29, 0.717) is 22.9 Å². The van der Waals surface area contributed by atoms with Crippen LogP contribution in [0.4, 0.5) is 0 Å². The quantitative estimate of drug-likeness (QED) is 0.310. The van der Waals surface area contributed by atoms with Crippen molar-refractivity contribution in [1.29, 1.82) is 0 Å². The largest absolute Gasteiger partial charge is 0.484 e. The molecule has 0 radical (unpaired) electrons. The highest BCUT2D eigenvalue weighted by atomic mass is 35.5. The molecule has 2 aromatic carbocycles. The van der Waals surface area contributed by atoms with Gasteiger partial charge in [-0.25, -0.2) is 10.2 Å². The van der Waals surface area contributed by atoms with E-state index in [1.807, 2.05) is 36.6 Å². The number of nitrogens with one attached hydrogen (secondary N) is 1. The Hall–Kier alpha value is -3.58. The predicted molar refractivity (Wildman–Crippen MR) is 124 cm³/mol. The molecule has 0 aliphatic rings. The molecule has 1 aromatic heterocycles. The third-order valence-corrected chi connectivity index (χ3v) is 4.94. The van der Waals surface area contributed by atoms with Crippen LogP contribution in [0.3, 0.4) is 0 Å². The zero-order valence-electron chi connectivity index (χ0n) is 18.1. The Morgan fingerprint density at radius 1 is 1.09 bits per heavy atom. The van der Waals surface area contributed by atoms with Crippen LogP contribution in [0, 0.1) is 13.8 Å². The molecule has 3 aromatic rings. The zero-order chi connectivity index (χ0) is 23.1. The molecule has 8 heteroatoms. The van der Waals surface area contributed by atoms with E-state index in [4.69, 9.17) is 21.1 Å². The molecule has 0 fully saturated rings. The van der Waals surface area contributed by atoms with Crippen LogP contribution in [0.2, 0.25) is 5.02 Å². The van der Waals surface area contributed by atoms with Crippen LogP contribution in [-0.4, -0.2) is 35.9 Å². The van der Waals surface area contributed by atoms with E-state index in [9.17, 15) is 9.59 Å². The van der Waals surface area contributed by atoms with Gasteiger partial charge in [-0.15, -0.1) is 0 Å². The number of rotatable bonds is 8. The maximum Gasteiger partial charge on any atom is 0.338 e. The molecule has 7 nitrogen and oxygen atoms in total. The van der Waals surface area contributed by atoms with Crippen molar-refractivity contribution in [2.45, 2.75) is 20.8 Å². The fourth-order valence-electron chi connectivity index (χ4n) is 3.16. The second kappa shape index (κ2) is 10.6. The average Bonchev–Trinajstić information content (AvgIpc) is 3.06. The van der Waals surface area contributed by atoms with Crippen molar-refractivity contribution in [1.82, 2.24) is 9.99 Å². The van der Waals surface area contributed by atoms with Crippen LogP contribution >= 0.6 is 11.6 Å². The van der Waals surface area contributed by atoms with Gasteiger partial charge in [-0.1, -0.05) is 11.6 Å². The summed E-state index contributed by atoms with van der Waals surface area (Å²) in [5.41, 5.74) is 6.67. The first kappa shape index (κ1) is 23.1. The third-order valence-electron chi connectivity index (χ3n) is 4.68. The molecule has 0 aliphatic carbocycles. The van der Waals surface area contributed by atoms with E-state index in [1.165, 1.54) is 0 Å². The van der Waals surface area contributed by atoms with Crippen LogP contribution in [-0.2, 0) is 9.53 Å². The van der Waals surface area contributed by atoms with Gasteiger partial charge in [0.05, 0.1) is 18.4 Å². The number of aromatic nitrogens is 1. The van der Waals surface area contributed by atoms with Crippen LogP contribution in [0.25, 0.3) is 5.69 Å². The summed E-state index contributed by atoms with van der Waals surface area (Å²) in [5.74, 6) is -0.172. The molecule has 32 heavy (non-hydrogen) atoms. The Labute approximate surface area is 191 Å². The number of halogens is 1. The number of aryl methyl sites for hydroxylation is 1. The number of nitrogens with zero attached hydrogens (tertiary/aromatic N) is 2. The summed E-state index contributed by atoms with van der Waals surface area (Å²) in [7, 11) is 0. The maximum atomic E-state index is 12.0. The zero-order valence-corrected chi connectivity index (χ0v) is 18.8. The van der Waals surface area contributed by atoms with E-state index in [1.54, 1.807) is 49.5 Å². The summed E-state index contributed by atoms with van der Waals surface area (Å²) >= 11 is 5.82. The summed E-state index contributed by atoms with van der Waals surface area (Å²) in [4.78, 5) is 23.8. The topological polar surface area (TPSA) is 81.9 Å². The summed E-state index contributed by atoms with van der Waals surface area (Å²) in [6.07, 6.45) is 1.59.